The van der Waals surface area contributed by atoms with Gasteiger partial charge in [0.15, 0.2) is 0 Å². The summed E-state index contributed by atoms with van der Waals surface area (Å²) in [5.74, 6) is -0.642. The van der Waals surface area contributed by atoms with E-state index < -0.39 is 11.2 Å². The van der Waals surface area contributed by atoms with E-state index in [-0.39, 0.29) is 11.6 Å². The normalized spacial score (nSPS) is 16.1. The first-order chi connectivity index (χ1) is 10.1. The molecule has 1 fully saturated rings. The third kappa shape index (κ3) is 2.54. The highest BCUT2D eigenvalue weighted by molar-refractivity contribution is 6.30. The Labute approximate surface area is 127 Å². The summed E-state index contributed by atoms with van der Waals surface area (Å²) in [4.78, 5) is 12.7. The van der Waals surface area contributed by atoms with Gasteiger partial charge < -0.3 is 5.32 Å². The quantitative estimate of drug-likeness (QED) is 0.886. The number of halogens is 2. The van der Waals surface area contributed by atoms with Gasteiger partial charge in [-0.1, -0.05) is 48.4 Å². The van der Waals surface area contributed by atoms with Crippen LogP contribution in [0.4, 0.5) is 10.1 Å². The smallest absolute Gasteiger partial charge is 0.235 e. The number of hydrogen-bond donors (Lipinski definition) is 1. The molecular formula is C17H15ClFNO. The predicted octanol–water partition coefficient (Wildman–Crippen LogP) is 4.54. The van der Waals surface area contributed by atoms with Crippen LogP contribution in [-0.2, 0) is 10.2 Å². The molecule has 0 atom stereocenters. The number of anilines is 1. The number of benzene rings is 2. The van der Waals surface area contributed by atoms with Gasteiger partial charge in [0, 0.05) is 5.02 Å². The van der Waals surface area contributed by atoms with Gasteiger partial charge in [0.05, 0.1) is 11.1 Å². The summed E-state index contributed by atoms with van der Waals surface area (Å²) in [6.45, 7) is 0. The van der Waals surface area contributed by atoms with Gasteiger partial charge in [0.25, 0.3) is 0 Å². The van der Waals surface area contributed by atoms with Crippen molar-refractivity contribution in [2.75, 3.05) is 5.32 Å². The molecule has 1 N–H and O–H groups in total. The summed E-state index contributed by atoms with van der Waals surface area (Å²) in [6.07, 6.45) is 2.57. The molecule has 0 saturated heterocycles. The first-order valence-corrected chi connectivity index (χ1v) is 7.32. The molecule has 1 saturated carbocycles. The van der Waals surface area contributed by atoms with E-state index in [9.17, 15) is 9.18 Å². The monoisotopic (exact) mass is 303 g/mol. The fourth-order valence-corrected chi connectivity index (χ4v) is 2.94. The van der Waals surface area contributed by atoms with Crippen molar-refractivity contribution in [2.24, 2.45) is 0 Å². The molecule has 4 heteroatoms. The van der Waals surface area contributed by atoms with Gasteiger partial charge in [-0.05, 0) is 36.6 Å². The van der Waals surface area contributed by atoms with Gasteiger partial charge in [-0.3, -0.25) is 4.79 Å². The fraction of sp³-hybridized carbons (Fsp3) is 0.235. The zero-order valence-electron chi connectivity index (χ0n) is 11.4. The molecule has 0 spiro atoms. The van der Waals surface area contributed by atoms with Gasteiger partial charge in [0.1, 0.15) is 5.82 Å². The molecule has 2 nitrogen and oxygen atoms in total. The number of carbonyl (C=O) groups excluding carboxylic acids is 1. The Morgan fingerprint density at radius 1 is 1.14 bits per heavy atom. The first-order valence-electron chi connectivity index (χ1n) is 6.94. The Kier molecular flexibility index (Phi) is 3.68. The summed E-state index contributed by atoms with van der Waals surface area (Å²) < 4.78 is 13.8. The molecule has 0 radical (unpaired) electrons. The zero-order valence-corrected chi connectivity index (χ0v) is 12.2. The van der Waals surface area contributed by atoms with Crippen molar-refractivity contribution in [3.63, 3.8) is 0 Å². The minimum absolute atomic E-state index is 0.134. The largest absolute Gasteiger partial charge is 0.323 e. The molecule has 2 aromatic rings. The van der Waals surface area contributed by atoms with E-state index in [1.165, 1.54) is 18.2 Å². The highest BCUT2D eigenvalue weighted by Gasteiger charge is 2.45. The summed E-state index contributed by atoms with van der Waals surface area (Å²) in [6, 6.07) is 13.8. The Balaban J connectivity index is 1.89. The van der Waals surface area contributed by atoms with Gasteiger partial charge in [-0.15, -0.1) is 0 Å². The minimum atomic E-state index is -0.546. The van der Waals surface area contributed by atoms with Crippen LogP contribution >= 0.6 is 11.6 Å². The molecule has 0 heterocycles. The number of carbonyl (C=O) groups is 1. The molecule has 1 amide bonds. The zero-order chi connectivity index (χ0) is 14.9. The molecule has 21 heavy (non-hydrogen) atoms. The first kappa shape index (κ1) is 14.1. The standard InChI is InChI=1S/C17H15ClFNO/c18-13-7-8-14(19)15(11-13)20-16(21)17(9-4-10-17)12-5-2-1-3-6-12/h1-3,5-8,11H,4,9-10H2,(H,20,21). The van der Waals surface area contributed by atoms with E-state index in [0.717, 1.165) is 24.8 Å². The van der Waals surface area contributed by atoms with Crippen molar-refractivity contribution in [3.05, 3.63) is 64.9 Å². The van der Waals surface area contributed by atoms with Crippen LogP contribution in [0.25, 0.3) is 0 Å². The molecule has 0 aliphatic heterocycles. The molecule has 0 aromatic heterocycles. The van der Waals surface area contributed by atoms with Crippen LogP contribution in [0.15, 0.2) is 48.5 Å². The van der Waals surface area contributed by atoms with Gasteiger partial charge in [-0.25, -0.2) is 4.39 Å². The fourth-order valence-electron chi connectivity index (χ4n) is 2.77. The second kappa shape index (κ2) is 5.49. The number of hydrogen-bond acceptors (Lipinski definition) is 1. The van der Waals surface area contributed by atoms with E-state index in [0.29, 0.717) is 5.02 Å². The van der Waals surface area contributed by atoms with Gasteiger partial charge in [-0.2, -0.15) is 0 Å². The summed E-state index contributed by atoms with van der Waals surface area (Å²) in [5, 5.41) is 3.09. The summed E-state index contributed by atoms with van der Waals surface area (Å²) >= 11 is 5.86. The maximum Gasteiger partial charge on any atom is 0.235 e. The van der Waals surface area contributed by atoms with E-state index in [1.54, 1.807) is 0 Å². The van der Waals surface area contributed by atoms with Crippen molar-refractivity contribution < 1.29 is 9.18 Å². The highest BCUT2D eigenvalue weighted by atomic mass is 35.5. The van der Waals surface area contributed by atoms with E-state index in [4.69, 9.17) is 11.6 Å². The number of nitrogens with one attached hydrogen (secondary N) is 1. The second-order valence-electron chi connectivity index (χ2n) is 5.38. The molecule has 1 aliphatic rings. The average molecular weight is 304 g/mol. The van der Waals surface area contributed by atoms with Crippen LogP contribution in [0.5, 0.6) is 0 Å². The summed E-state index contributed by atoms with van der Waals surface area (Å²) in [7, 11) is 0. The Hall–Kier alpha value is -1.87. The Morgan fingerprint density at radius 3 is 2.48 bits per heavy atom. The van der Waals surface area contributed by atoms with Crippen LogP contribution in [-0.4, -0.2) is 5.91 Å². The van der Waals surface area contributed by atoms with E-state index >= 15 is 0 Å². The van der Waals surface area contributed by atoms with Crippen LogP contribution in [0.3, 0.4) is 0 Å². The SMILES string of the molecule is O=C(Nc1cc(Cl)ccc1F)C1(c2ccccc2)CCC1. The topological polar surface area (TPSA) is 29.1 Å². The van der Waals surface area contributed by atoms with Crippen molar-refractivity contribution in [1.82, 2.24) is 0 Å². The van der Waals surface area contributed by atoms with Crippen molar-refractivity contribution in [2.45, 2.75) is 24.7 Å². The molecule has 2 aromatic carbocycles. The Morgan fingerprint density at radius 2 is 1.86 bits per heavy atom. The third-order valence-electron chi connectivity index (χ3n) is 4.14. The van der Waals surface area contributed by atoms with E-state index in [1.807, 2.05) is 30.3 Å². The van der Waals surface area contributed by atoms with Crippen LogP contribution < -0.4 is 5.32 Å². The maximum atomic E-state index is 13.8. The maximum absolute atomic E-state index is 13.8. The highest BCUT2D eigenvalue weighted by Crippen LogP contribution is 2.44. The lowest BCUT2D eigenvalue weighted by molar-refractivity contribution is -0.124. The van der Waals surface area contributed by atoms with E-state index in [2.05, 4.69) is 5.32 Å². The third-order valence-corrected chi connectivity index (χ3v) is 4.38. The predicted molar refractivity (Wildman–Crippen MR) is 82.0 cm³/mol. The molecule has 0 unspecified atom stereocenters. The van der Waals surface area contributed by atoms with Crippen LogP contribution in [0.2, 0.25) is 5.02 Å². The molecule has 108 valence electrons. The lowest BCUT2D eigenvalue weighted by Gasteiger charge is -2.40. The Bertz CT molecular complexity index is 668. The van der Waals surface area contributed by atoms with Gasteiger partial charge in [0.2, 0.25) is 5.91 Å². The molecule has 0 bridgehead atoms. The number of amides is 1. The van der Waals surface area contributed by atoms with Crippen LogP contribution in [0.1, 0.15) is 24.8 Å². The molecule has 1 aliphatic carbocycles. The van der Waals surface area contributed by atoms with Crippen molar-refractivity contribution >= 4 is 23.2 Å². The lowest BCUT2D eigenvalue weighted by Crippen LogP contribution is -2.46. The molecular weight excluding hydrogens is 289 g/mol. The van der Waals surface area contributed by atoms with Gasteiger partial charge >= 0.3 is 0 Å². The minimum Gasteiger partial charge on any atom is -0.323 e. The second-order valence-corrected chi connectivity index (χ2v) is 5.82. The average Bonchev–Trinajstić information content (AvgIpc) is 2.43. The van der Waals surface area contributed by atoms with Crippen LogP contribution in [0, 0.1) is 5.82 Å². The van der Waals surface area contributed by atoms with Crippen molar-refractivity contribution in [3.8, 4) is 0 Å². The molecule has 3 rings (SSSR count). The van der Waals surface area contributed by atoms with Crippen molar-refractivity contribution in [1.29, 1.82) is 0 Å². The lowest BCUT2D eigenvalue weighted by atomic mass is 9.64. The number of rotatable bonds is 3. The summed E-state index contributed by atoms with van der Waals surface area (Å²) in [5.41, 5.74) is 0.571.